The summed E-state index contributed by atoms with van der Waals surface area (Å²) in [6.45, 7) is 0.634. The topological polar surface area (TPSA) is 118 Å². The van der Waals surface area contributed by atoms with E-state index in [1.165, 1.54) is 73.3 Å². The van der Waals surface area contributed by atoms with E-state index in [0.717, 1.165) is 28.1 Å². The Morgan fingerprint density at radius 2 is 1.39 bits per heavy atom. The summed E-state index contributed by atoms with van der Waals surface area (Å²) in [5, 5.41) is 24.4. The summed E-state index contributed by atoms with van der Waals surface area (Å²) in [4.78, 5) is 27.5. The van der Waals surface area contributed by atoms with Crippen molar-refractivity contribution in [1.29, 1.82) is 0 Å². The Morgan fingerprint density at radius 3 is 2.07 bits per heavy atom. The quantitative estimate of drug-likeness (QED) is 0.124. The number of carboxylic acid groups (broad SMARTS) is 2. The highest BCUT2D eigenvalue weighted by molar-refractivity contribution is 7.14. The molecule has 4 aromatic carbocycles. The minimum atomic E-state index is -1.07. The molecular formula is C37H34N2O6S. The van der Waals surface area contributed by atoms with Crippen LogP contribution in [0.5, 0.6) is 11.5 Å². The third-order valence-electron chi connectivity index (χ3n) is 8.18. The lowest BCUT2D eigenvalue weighted by molar-refractivity contribution is 0.0686. The van der Waals surface area contributed by atoms with Gasteiger partial charge in [0.25, 0.3) is 0 Å². The molecule has 0 saturated heterocycles. The number of nitrogens with one attached hydrogen (secondary N) is 1. The van der Waals surface area contributed by atoms with E-state index in [-0.39, 0.29) is 17.7 Å². The van der Waals surface area contributed by atoms with Gasteiger partial charge in [0.15, 0.2) is 5.13 Å². The summed E-state index contributed by atoms with van der Waals surface area (Å²) in [5.41, 5.74) is 5.88. The van der Waals surface area contributed by atoms with Gasteiger partial charge in [-0.3, -0.25) is 0 Å². The van der Waals surface area contributed by atoms with Crippen LogP contribution >= 0.6 is 11.3 Å². The van der Waals surface area contributed by atoms with Crippen LogP contribution in [0.15, 0.2) is 96.4 Å². The first-order valence-electron chi connectivity index (χ1n) is 15.3. The molecule has 46 heavy (non-hydrogen) atoms. The normalized spacial score (nSPS) is 13.2. The number of aromatic nitrogens is 1. The second kappa shape index (κ2) is 14.3. The zero-order valence-corrected chi connectivity index (χ0v) is 26.0. The molecule has 3 N–H and O–H groups in total. The van der Waals surface area contributed by atoms with Crippen molar-refractivity contribution in [2.75, 3.05) is 5.32 Å². The number of nitrogens with zero attached hydrogens (tertiary/aromatic N) is 1. The molecule has 1 fully saturated rings. The molecule has 1 aliphatic rings. The summed E-state index contributed by atoms with van der Waals surface area (Å²) >= 11 is 1.42. The van der Waals surface area contributed by atoms with Gasteiger partial charge in [0.1, 0.15) is 24.7 Å². The van der Waals surface area contributed by atoms with E-state index < -0.39 is 11.9 Å². The standard InChI is InChI=1S/C37H34N2O6S/c40-35(41)29-12-8-25(9-13-29)22-45-34-20-30(36(42)43)16-19-32(34)38-37-39-33(23-46-37)28-14-17-31(18-15-28)44-21-24-6-10-27(11-7-24)26-4-2-1-3-5-26/h6-20,23,26H,1-5,21-22H2,(H,38,39)(H,40,41)(H,42,43). The molecule has 0 atom stereocenters. The Bertz CT molecular complexity index is 1790. The monoisotopic (exact) mass is 634 g/mol. The number of thiazole rings is 1. The van der Waals surface area contributed by atoms with E-state index in [1.807, 2.05) is 29.6 Å². The lowest BCUT2D eigenvalue weighted by Crippen LogP contribution is -2.04. The van der Waals surface area contributed by atoms with E-state index in [9.17, 15) is 14.7 Å². The van der Waals surface area contributed by atoms with Crippen molar-refractivity contribution < 1.29 is 29.3 Å². The Morgan fingerprint density at radius 1 is 0.761 bits per heavy atom. The molecule has 0 amide bonds. The molecular weight excluding hydrogens is 600 g/mol. The van der Waals surface area contributed by atoms with Gasteiger partial charge < -0.3 is 25.0 Å². The zero-order chi connectivity index (χ0) is 31.9. The van der Waals surface area contributed by atoms with E-state index in [2.05, 4.69) is 29.6 Å². The molecule has 1 aromatic heterocycles. The molecule has 1 aliphatic carbocycles. The van der Waals surface area contributed by atoms with Crippen LogP contribution < -0.4 is 14.8 Å². The molecule has 8 nitrogen and oxygen atoms in total. The fourth-order valence-corrected chi connectivity index (χ4v) is 6.30. The number of ether oxygens (including phenoxy) is 2. The number of hydrogen-bond acceptors (Lipinski definition) is 7. The molecule has 1 heterocycles. The summed E-state index contributed by atoms with van der Waals surface area (Å²) in [7, 11) is 0. The van der Waals surface area contributed by atoms with Gasteiger partial charge in [-0.05, 0) is 90.0 Å². The SMILES string of the molecule is O=C(O)c1ccc(COc2cc(C(=O)O)ccc2Nc2nc(-c3ccc(OCc4ccc(C5CCCCC5)cc4)cc3)cs2)cc1. The van der Waals surface area contributed by atoms with Crippen LogP contribution in [0.2, 0.25) is 0 Å². The maximum absolute atomic E-state index is 11.6. The second-order valence-electron chi connectivity index (χ2n) is 11.4. The highest BCUT2D eigenvalue weighted by Crippen LogP contribution is 2.34. The van der Waals surface area contributed by atoms with Gasteiger partial charge >= 0.3 is 11.9 Å². The van der Waals surface area contributed by atoms with E-state index in [4.69, 9.17) is 19.6 Å². The number of carbonyl (C=O) groups is 2. The van der Waals surface area contributed by atoms with Crippen molar-refractivity contribution in [1.82, 2.24) is 4.98 Å². The summed E-state index contributed by atoms with van der Waals surface area (Å²) in [6.07, 6.45) is 6.61. The highest BCUT2D eigenvalue weighted by atomic mass is 32.1. The van der Waals surface area contributed by atoms with Gasteiger partial charge in [-0.1, -0.05) is 55.7 Å². The third-order valence-corrected chi connectivity index (χ3v) is 8.94. The lowest BCUT2D eigenvalue weighted by Gasteiger charge is -2.22. The maximum atomic E-state index is 11.6. The summed E-state index contributed by atoms with van der Waals surface area (Å²) in [5.74, 6) is -0.261. The first-order chi connectivity index (χ1) is 22.4. The van der Waals surface area contributed by atoms with Crippen LogP contribution in [-0.2, 0) is 13.2 Å². The Hall–Kier alpha value is -5.15. The van der Waals surface area contributed by atoms with Crippen molar-refractivity contribution >= 4 is 34.1 Å². The molecule has 0 bridgehead atoms. The van der Waals surface area contributed by atoms with Gasteiger partial charge in [-0.25, -0.2) is 14.6 Å². The number of benzene rings is 4. The molecule has 5 aromatic rings. The van der Waals surface area contributed by atoms with Gasteiger partial charge in [0, 0.05) is 10.9 Å². The number of carboxylic acids is 2. The second-order valence-corrected chi connectivity index (χ2v) is 12.2. The molecule has 0 spiro atoms. The van der Waals surface area contributed by atoms with Gasteiger partial charge in [-0.2, -0.15) is 0 Å². The van der Waals surface area contributed by atoms with E-state index in [0.29, 0.717) is 29.1 Å². The van der Waals surface area contributed by atoms with Crippen LogP contribution in [0.3, 0.4) is 0 Å². The van der Waals surface area contributed by atoms with Crippen LogP contribution in [0, 0.1) is 0 Å². The molecule has 234 valence electrons. The molecule has 0 radical (unpaired) electrons. The average Bonchev–Trinajstić information content (AvgIpc) is 3.56. The Kier molecular flexibility index (Phi) is 9.59. The molecule has 1 saturated carbocycles. The number of anilines is 2. The molecule has 6 rings (SSSR count). The Balaban J connectivity index is 1.07. The van der Waals surface area contributed by atoms with Crippen molar-refractivity contribution in [3.8, 4) is 22.8 Å². The highest BCUT2D eigenvalue weighted by Gasteiger charge is 2.16. The predicted octanol–water partition coefficient (Wildman–Crippen LogP) is 9.16. The summed E-state index contributed by atoms with van der Waals surface area (Å²) in [6, 6.07) is 27.6. The van der Waals surface area contributed by atoms with Crippen molar-refractivity contribution in [3.05, 3.63) is 124 Å². The predicted molar refractivity (Wildman–Crippen MR) is 179 cm³/mol. The lowest BCUT2D eigenvalue weighted by atomic mass is 9.84. The molecule has 0 unspecified atom stereocenters. The van der Waals surface area contributed by atoms with Gasteiger partial charge in [0.05, 0.1) is 22.5 Å². The molecule has 0 aliphatic heterocycles. The van der Waals surface area contributed by atoms with E-state index >= 15 is 0 Å². The Labute approximate surface area is 271 Å². The minimum absolute atomic E-state index is 0.0837. The van der Waals surface area contributed by atoms with Crippen LogP contribution in [0.4, 0.5) is 10.8 Å². The first-order valence-corrected chi connectivity index (χ1v) is 16.2. The fourth-order valence-electron chi connectivity index (χ4n) is 5.57. The van der Waals surface area contributed by atoms with Crippen molar-refractivity contribution in [2.24, 2.45) is 0 Å². The van der Waals surface area contributed by atoms with Crippen molar-refractivity contribution in [2.45, 2.75) is 51.2 Å². The van der Waals surface area contributed by atoms with Crippen LogP contribution in [0.1, 0.15) is 75.4 Å². The third kappa shape index (κ3) is 7.73. The van der Waals surface area contributed by atoms with E-state index in [1.54, 1.807) is 18.2 Å². The number of hydrogen-bond donors (Lipinski definition) is 3. The number of aromatic carboxylic acids is 2. The zero-order valence-electron chi connectivity index (χ0n) is 25.1. The smallest absolute Gasteiger partial charge is 0.335 e. The number of rotatable bonds is 12. The minimum Gasteiger partial charge on any atom is -0.489 e. The largest absolute Gasteiger partial charge is 0.489 e. The first kappa shape index (κ1) is 30.9. The molecule has 9 heteroatoms. The summed E-state index contributed by atoms with van der Waals surface area (Å²) < 4.78 is 12.0. The van der Waals surface area contributed by atoms with Crippen molar-refractivity contribution in [3.63, 3.8) is 0 Å². The fraction of sp³-hybridized carbons (Fsp3) is 0.216. The van der Waals surface area contributed by atoms with Crippen LogP contribution in [0.25, 0.3) is 11.3 Å². The van der Waals surface area contributed by atoms with Crippen LogP contribution in [-0.4, -0.2) is 27.1 Å². The van der Waals surface area contributed by atoms with Gasteiger partial charge in [0.2, 0.25) is 0 Å². The van der Waals surface area contributed by atoms with Gasteiger partial charge in [-0.15, -0.1) is 11.3 Å². The average molecular weight is 635 g/mol. The maximum Gasteiger partial charge on any atom is 0.335 e.